The second-order valence-corrected chi connectivity index (χ2v) is 33.7. The Morgan fingerprint density at radius 3 is 1.58 bits per heavy atom. The van der Waals surface area contributed by atoms with E-state index in [1.165, 1.54) is 29.3 Å². The molecule has 3 aliphatic heterocycles. The Morgan fingerprint density at radius 1 is 0.514 bits per heavy atom. The second-order valence-electron chi connectivity index (χ2n) is 33.7. The fraction of sp³-hybridized carbons (Fsp3) is 0.551. The van der Waals surface area contributed by atoms with Crippen molar-refractivity contribution in [3.05, 3.63) is 130 Å². The van der Waals surface area contributed by atoms with E-state index in [9.17, 15) is 81.8 Å². The van der Waals surface area contributed by atoms with Crippen molar-refractivity contribution >= 4 is 130 Å². The van der Waals surface area contributed by atoms with Crippen molar-refractivity contribution in [2.24, 2.45) is 22.4 Å². The Morgan fingerprint density at radius 2 is 1.05 bits per heavy atom. The average Bonchev–Trinajstić information content (AvgIpc) is 1.63. The van der Waals surface area contributed by atoms with Crippen LogP contribution in [0.3, 0.4) is 0 Å². The lowest BCUT2D eigenvalue weighted by atomic mass is 9.98. The van der Waals surface area contributed by atoms with Gasteiger partial charge in [-0.2, -0.15) is 0 Å². The lowest BCUT2D eigenvalue weighted by Gasteiger charge is -2.28. The van der Waals surface area contributed by atoms with Gasteiger partial charge in [-0.05, 0) is 116 Å². The molecule has 146 heavy (non-hydrogen) atoms. The molecule has 16 N–H and O–H groups in total. The van der Waals surface area contributed by atoms with Crippen LogP contribution in [-0.2, 0) is 145 Å². The van der Waals surface area contributed by atoms with Crippen LogP contribution in [0.5, 0.6) is 0 Å². The Balaban J connectivity index is 0.741. The molecule has 0 fully saturated rings. The zero-order valence-electron chi connectivity index (χ0n) is 82.9. The summed E-state index contributed by atoms with van der Waals surface area (Å²) in [7, 11) is 0. The summed E-state index contributed by atoms with van der Waals surface area (Å²) >= 11 is 0. The van der Waals surface area contributed by atoms with E-state index >= 15 is 0 Å². The third-order valence-corrected chi connectivity index (χ3v) is 21.9. The zero-order chi connectivity index (χ0) is 106. The first-order valence-electron chi connectivity index (χ1n) is 48.5. The van der Waals surface area contributed by atoms with Crippen LogP contribution in [0.1, 0.15) is 147 Å². The number of carbonyl (C=O) groups is 16. The third kappa shape index (κ3) is 46.3. The zero-order valence-corrected chi connectivity index (χ0v) is 82.9. The van der Waals surface area contributed by atoms with Crippen LogP contribution in [0.4, 0.5) is 32.3 Å². The van der Waals surface area contributed by atoms with Crippen LogP contribution in [0, 0.1) is 5.92 Å². The van der Waals surface area contributed by atoms with Crippen molar-refractivity contribution in [1.82, 2.24) is 52.0 Å². The Labute approximate surface area is 845 Å². The standard InChI is InChI=1S/C98H138N16O32/c1-5-29-112(30-6-2)95(129)70-56-68-11-12-69(58-80(68)107-81(99)59-70)90(124)106-73-57-71-63-113(31-25-76(71)103-61-73)98(133)146-64-66-9-15-72(16-10-66)105-93(127)77(8-7-27-102-97(100)132)110-94(128)89(65(3)4)111-82(115)20-14-67-13-17-74(114-85(118)21-22-86(114)119)60-75(67)91(125)109-78(18-23-87(120)121)92(126)104-62-84(117)101-28-33-135-35-37-137-39-41-139-43-45-141-47-49-143-51-53-145-55-54-144-52-50-142-48-46-140-44-42-138-40-38-136-36-34-134-32-26-83(116)108-79(96(130)131)19-24-88(122)123/h9-13,15-17,21-22,56-58,60-61,65,77-79,89H,5-8,14,18-20,23-55,59,62-64H2,1-4H3,(H2,99,107)(H,101,117)(H,104,126)(H,105,127)(H,106,124)(H,108,116)(H,109,125)(H,110,128)(H,111,115)(H,120,121)(H,122,123)(H,130,131)(H3,100,102,132)/t77-,78-,79-,89-/m0/s1. The van der Waals surface area contributed by atoms with Gasteiger partial charge in [-0.25, -0.2) is 24.3 Å². The van der Waals surface area contributed by atoms with Gasteiger partial charge in [0.1, 0.15) is 36.6 Å². The number of ether oxygens (including phenoxy) is 13. The van der Waals surface area contributed by atoms with E-state index in [0.29, 0.717) is 178 Å². The quantitative estimate of drug-likeness (QED) is 0.0223. The number of aliphatic imine (C=N–C) groups is 1. The molecule has 3 aromatic carbocycles. The Hall–Kier alpha value is -13.4. The number of imide groups is 1. The van der Waals surface area contributed by atoms with Crippen molar-refractivity contribution in [2.75, 3.05) is 213 Å². The number of nitrogens with one attached hydrogen (secondary N) is 9. The second kappa shape index (κ2) is 68.1. The van der Waals surface area contributed by atoms with Gasteiger partial charge in [0, 0.05) is 117 Å². The minimum atomic E-state index is -1.57. The lowest BCUT2D eigenvalue weighted by molar-refractivity contribution is -0.143. The number of aliphatic carboxylic acids is 3. The Bertz CT molecular complexity index is 5000. The number of amides is 14. The SMILES string of the molecule is CCCN(CCC)C(=O)C1=Cc2ccc(C(=O)Nc3cnc4c(c3)CN(C(=O)OCc3ccc(NC(=O)[C@H](CCCNC(N)=O)NC(=O)[C@@H](NC(=O)CCc5ccc(N6C(=O)C=CC6=O)cc5C(=O)N[C@@H](CCC(=O)O)C(=O)NCC(=O)NCCOCCOCCOCCOCCOCCOCCOCCOCCOCCOCCOCCOCCC(=O)N[C@@H](CCC(=O)O)C(=O)O)C(C)C)cc3)CC4)cc2N=C(N)C1. The predicted molar refractivity (Wildman–Crippen MR) is 526 cm³/mol. The number of carboxylic acid groups (broad SMARTS) is 3. The number of primary amides is 1. The minimum Gasteiger partial charge on any atom is -0.481 e. The molecule has 14 amide bonds. The van der Waals surface area contributed by atoms with Crippen LogP contribution in [-0.4, -0.2) is 353 Å². The number of fused-ring (bicyclic) bond motifs is 2. The monoisotopic (exact) mass is 2050 g/mol. The van der Waals surface area contributed by atoms with Gasteiger partial charge in [0.05, 0.1) is 195 Å². The molecule has 802 valence electrons. The number of nitrogens with two attached hydrogens (primary N) is 2. The summed E-state index contributed by atoms with van der Waals surface area (Å²) in [5, 5.41) is 50.8. The molecule has 48 nitrogen and oxygen atoms in total. The van der Waals surface area contributed by atoms with Crippen molar-refractivity contribution in [1.29, 1.82) is 0 Å². The first-order chi connectivity index (χ1) is 70.4. The largest absolute Gasteiger partial charge is 0.481 e. The maximum atomic E-state index is 14.4. The number of aromatic nitrogens is 1. The van der Waals surface area contributed by atoms with Crippen molar-refractivity contribution in [3.8, 4) is 0 Å². The highest BCUT2D eigenvalue weighted by Gasteiger charge is 2.34. The molecule has 0 saturated heterocycles. The number of anilines is 3. The van der Waals surface area contributed by atoms with Crippen molar-refractivity contribution in [3.63, 3.8) is 0 Å². The number of rotatable bonds is 75. The molecule has 0 spiro atoms. The summed E-state index contributed by atoms with van der Waals surface area (Å²) in [6.07, 6.45) is 4.64. The first-order valence-corrected chi connectivity index (χ1v) is 48.5. The number of urea groups is 1. The molecule has 0 unspecified atom stereocenters. The van der Waals surface area contributed by atoms with Crippen LogP contribution in [0.2, 0.25) is 0 Å². The number of carbonyl (C=O) groups excluding carboxylic acids is 13. The Kier molecular flexibility index (Phi) is 55.7. The van der Waals surface area contributed by atoms with Gasteiger partial charge in [-0.15, -0.1) is 0 Å². The van der Waals surface area contributed by atoms with Crippen LogP contribution >= 0.6 is 0 Å². The van der Waals surface area contributed by atoms with Gasteiger partial charge in [-0.3, -0.25) is 67.3 Å². The molecular formula is C98H138N16O32. The van der Waals surface area contributed by atoms with E-state index in [4.69, 9.17) is 83.3 Å². The topological polar surface area (TPSA) is 649 Å². The molecule has 3 aliphatic rings. The molecule has 1 aromatic heterocycles. The molecule has 48 heteroatoms. The highest BCUT2D eigenvalue weighted by atomic mass is 16.6. The van der Waals surface area contributed by atoms with Crippen LogP contribution in [0.15, 0.2) is 95.6 Å². The van der Waals surface area contributed by atoms with E-state index in [1.54, 1.807) is 68.5 Å². The molecule has 7 rings (SSSR count). The fourth-order valence-electron chi connectivity index (χ4n) is 14.5. The summed E-state index contributed by atoms with van der Waals surface area (Å²) in [6.45, 7) is 15.7. The van der Waals surface area contributed by atoms with E-state index < -0.39 is 145 Å². The van der Waals surface area contributed by atoms with Gasteiger partial charge in [0.2, 0.25) is 41.4 Å². The smallest absolute Gasteiger partial charge is 0.410 e. The predicted octanol–water partition coefficient (Wildman–Crippen LogP) is 2.75. The summed E-state index contributed by atoms with van der Waals surface area (Å²) in [6, 6.07) is 10.8. The van der Waals surface area contributed by atoms with E-state index in [2.05, 4.69) is 57.8 Å². The number of pyridine rings is 1. The molecule has 0 saturated carbocycles. The summed E-state index contributed by atoms with van der Waals surface area (Å²) in [5.74, 6) is -11.5. The van der Waals surface area contributed by atoms with Gasteiger partial charge < -0.3 is 146 Å². The number of hydrogen-bond acceptors (Lipinski definition) is 32. The molecule has 4 heterocycles. The number of nitrogens with zero attached hydrogens (tertiary/aromatic N) is 5. The van der Waals surface area contributed by atoms with Gasteiger partial charge in [-0.1, -0.05) is 52.0 Å². The molecular weight excluding hydrogens is 1910 g/mol. The summed E-state index contributed by atoms with van der Waals surface area (Å²) < 4.78 is 71.5. The molecule has 0 bridgehead atoms. The van der Waals surface area contributed by atoms with Crippen LogP contribution < -0.4 is 64.2 Å². The lowest BCUT2D eigenvalue weighted by Crippen LogP contribution is -2.54. The van der Waals surface area contributed by atoms with Gasteiger partial charge >= 0.3 is 30.0 Å². The van der Waals surface area contributed by atoms with Crippen molar-refractivity contribution < 1.29 is 154 Å². The summed E-state index contributed by atoms with van der Waals surface area (Å²) in [4.78, 5) is 220. The highest BCUT2D eigenvalue weighted by Crippen LogP contribution is 2.31. The maximum absolute atomic E-state index is 14.4. The molecule has 4 aromatic rings. The van der Waals surface area contributed by atoms with Crippen molar-refractivity contribution in [2.45, 2.75) is 148 Å². The fourth-order valence-corrected chi connectivity index (χ4v) is 14.5. The van der Waals surface area contributed by atoms with E-state index in [1.807, 2.05) is 18.7 Å². The minimum absolute atomic E-state index is 0.0267. The summed E-state index contributed by atoms with van der Waals surface area (Å²) in [5.41, 5.74) is 16.0. The molecule has 4 atom stereocenters. The number of amidine groups is 1. The molecule has 0 radical (unpaired) electrons. The number of hydrogen-bond donors (Lipinski definition) is 14. The van der Waals surface area contributed by atoms with Crippen LogP contribution in [0.25, 0.3) is 6.08 Å². The number of benzene rings is 3. The van der Waals surface area contributed by atoms with Gasteiger partial charge in [0.25, 0.3) is 23.6 Å². The van der Waals surface area contributed by atoms with E-state index in [-0.39, 0.29) is 152 Å². The van der Waals surface area contributed by atoms with E-state index in [0.717, 1.165) is 35.6 Å². The highest BCUT2D eigenvalue weighted by molar-refractivity contribution is 6.28. The normalized spacial score (nSPS) is 13.4. The number of aryl methyl sites for hydroxylation is 1. The number of carboxylic acids is 3. The molecule has 0 aliphatic carbocycles. The maximum Gasteiger partial charge on any atom is 0.410 e. The first kappa shape index (κ1) is 120. The third-order valence-electron chi connectivity index (χ3n) is 21.9. The van der Waals surface area contributed by atoms with Gasteiger partial charge in [0.15, 0.2) is 0 Å². The average molecular weight is 2050 g/mol.